The largest absolute Gasteiger partial charge is 0.317 e. The van der Waals surface area contributed by atoms with Crippen molar-refractivity contribution < 1.29 is 4.39 Å². The van der Waals surface area contributed by atoms with E-state index in [4.69, 9.17) is 5.26 Å². The summed E-state index contributed by atoms with van der Waals surface area (Å²) >= 11 is 6.61. The van der Waals surface area contributed by atoms with E-state index in [1.165, 1.54) is 12.1 Å². The fraction of sp³-hybridized carbons (Fsp3) is 0.429. The van der Waals surface area contributed by atoms with Crippen LogP contribution in [0.2, 0.25) is 0 Å². The minimum absolute atomic E-state index is 0.300. The van der Waals surface area contributed by atoms with Gasteiger partial charge in [-0.15, -0.1) is 0 Å². The molecule has 0 bridgehead atoms. The third-order valence-electron chi connectivity index (χ3n) is 3.39. The first-order valence-corrected chi connectivity index (χ1v) is 8.25. The van der Waals surface area contributed by atoms with Crippen LogP contribution in [0.5, 0.6) is 0 Å². The van der Waals surface area contributed by atoms with E-state index in [0.29, 0.717) is 27.0 Å². The Labute approximate surface area is 140 Å². The fourth-order valence-electron chi connectivity index (χ4n) is 2.29. The number of nitrogens with zero attached hydrogens (tertiary/aromatic N) is 2. The molecule has 1 fully saturated rings. The van der Waals surface area contributed by atoms with E-state index in [1.54, 1.807) is 0 Å². The van der Waals surface area contributed by atoms with Crippen molar-refractivity contribution in [1.29, 1.82) is 5.26 Å². The topological polar surface area (TPSA) is 60.2 Å². The molecular weight excluding hydrogens is 403 g/mol. The number of rotatable bonds is 4. The van der Waals surface area contributed by atoms with Crippen molar-refractivity contribution in [3.05, 3.63) is 26.9 Å². The molecule has 0 aromatic heterocycles. The first-order valence-electron chi connectivity index (χ1n) is 6.66. The maximum absolute atomic E-state index is 13.2. The highest BCUT2D eigenvalue weighted by Crippen LogP contribution is 2.32. The van der Waals surface area contributed by atoms with Crippen molar-refractivity contribution in [2.24, 2.45) is 11.0 Å². The predicted octanol–water partition coefficient (Wildman–Crippen LogP) is 4.03. The number of piperidine rings is 1. The lowest BCUT2D eigenvalue weighted by Gasteiger charge is -2.23. The SMILES string of the molecule is N#CCC(=NNc1c(Br)cc(F)cc1Br)C1CCNCC1. The number of benzene rings is 1. The van der Waals surface area contributed by atoms with Crippen molar-refractivity contribution in [3.63, 3.8) is 0 Å². The molecule has 1 heterocycles. The summed E-state index contributed by atoms with van der Waals surface area (Å²) in [4.78, 5) is 0. The van der Waals surface area contributed by atoms with Gasteiger partial charge in [-0.2, -0.15) is 10.4 Å². The number of nitrogens with one attached hydrogen (secondary N) is 2. The van der Waals surface area contributed by atoms with E-state index in [0.717, 1.165) is 31.6 Å². The van der Waals surface area contributed by atoms with Gasteiger partial charge in [0.05, 0.1) is 23.9 Å². The number of hydrogen-bond donors (Lipinski definition) is 2. The molecule has 1 aromatic carbocycles. The zero-order valence-corrected chi connectivity index (χ0v) is 14.5. The number of hydrazone groups is 1. The lowest BCUT2D eigenvalue weighted by molar-refractivity contribution is 0.454. The number of anilines is 1. The molecule has 1 aromatic rings. The maximum Gasteiger partial charge on any atom is 0.125 e. The molecule has 1 saturated heterocycles. The average Bonchev–Trinajstić information content (AvgIpc) is 2.46. The van der Waals surface area contributed by atoms with Crippen molar-refractivity contribution >= 4 is 43.3 Å². The lowest BCUT2D eigenvalue weighted by Crippen LogP contribution is -2.32. The van der Waals surface area contributed by atoms with Gasteiger partial charge in [0.2, 0.25) is 0 Å². The molecule has 0 radical (unpaired) electrons. The Balaban J connectivity index is 2.18. The van der Waals surface area contributed by atoms with Crippen LogP contribution >= 0.6 is 31.9 Å². The number of halogens is 3. The summed E-state index contributed by atoms with van der Waals surface area (Å²) in [6.45, 7) is 1.89. The second-order valence-corrected chi connectivity index (χ2v) is 6.53. The van der Waals surface area contributed by atoms with Crippen molar-refractivity contribution in [2.75, 3.05) is 18.5 Å². The smallest absolute Gasteiger partial charge is 0.125 e. The van der Waals surface area contributed by atoms with Crippen LogP contribution in [0.1, 0.15) is 19.3 Å². The Morgan fingerprint density at radius 2 is 2.00 bits per heavy atom. The normalized spacial score (nSPS) is 16.6. The summed E-state index contributed by atoms with van der Waals surface area (Å²) < 4.78 is 14.4. The third-order valence-corrected chi connectivity index (χ3v) is 4.64. The Hall–Kier alpha value is -0.970. The van der Waals surface area contributed by atoms with Crippen molar-refractivity contribution in [1.82, 2.24) is 5.32 Å². The zero-order valence-electron chi connectivity index (χ0n) is 11.3. The molecular formula is C14H15Br2FN4. The van der Waals surface area contributed by atoms with E-state index in [-0.39, 0.29) is 5.82 Å². The first kappa shape index (κ1) is 16.4. The van der Waals surface area contributed by atoms with Crippen LogP contribution in [0.3, 0.4) is 0 Å². The van der Waals surface area contributed by atoms with Crippen LogP contribution in [0, 0.1) is 23.1 Å². The van der Waals surface area contributed by atoms with Gasteiger partial charge >= 0.3 is 0 Å². The van der Waals surface area contributed by atoms with Crippen molar-refractivity contribution in [3.8, 4) is 6.07 Å². The van der Waals surface area contributed by atoms with Crippen LogP contribution in [0.4, 0.5) is 10.1 Å². The Morgan fingerprint density at radius 3 is 2.57 bits per heavy atom. The van der Waals surface area contributed by atoms with Gasteiger partial charge in [0.15, 0.2) is 0 Å². The Morgan fingerprint density at radius 1 is 1.38 bits per heavy atom. The number of nitriles is 1. The van der Waals surface area contributed by atoms with Crippen LogP contribution in [-0.4, -0.2) is 18.8 Å². The van der Waals surface area contributed by atoms with Gasteiger partial charge in [0.25, 0.3) is 0 Å². The highest BCUT2D eigenvalue weighted by molar-refractivity contribution is 9.11. The molecule has 7 heteroatoms. The molecule has 0 unspecified atom stereocenters. The minimum Gasteiger partial charge on any atom is -0.317 e. The van der Waals surface area contributed by atoms with Gasteiger partial charge in [0, 0.05) is 14.9 Å². The highest BCUT2D eigenvalue weighted by atomic mass is 79.9. The van der Waals surface area contributed by atoms with E-state index in [9.17, 15) is 4.39 Å². The maximum atomic E-state index is 13.2. The van der Waals surface area contributed by atoms with Gasteiger partial charge in [-0.1, -0.05) is 0 Å². The lowest BCUT2D eigenvalue weighted by atomic mass is 9.91. The molecule has 1 aliphatic heterocycles. The molecule has 0 aliphatic carbocycles. The third kappa shape index (κ3) is 4.50. The van der Waals surface area contributed by atoms with E-state index < -0.39 is 0 Å². The predicted molar refractivity (Wildman–Crippen MR) is 88.7 cm³/mol. The molecule has 0 saturated carbocycles. The van der Waals surface area contributed by atoms with Gasteiger partial charge in [-0.3, -0.25) is 5.43 Å². The Kier molecular flexibility index (Phi) is 6.15. The second-order valence-electron chi connectivity index (χ2n) is 4.82. The summed E-state index contributed by atoms with van der Waals surface area (Å²) in [6, 6.07) is 4.91. The molecule has 112 valence electrons. The molecule has 0 atom stereocenters. The van der Waals surface area contributed by atoms with Crippen LogP contribution < -0.4 is 10.7 Å². The molecule has 21 heavy (non-hydrogen) atoms. The summed E-state index contributed by atoms with van der Waals surface area (Å²) in [5, 5.41) is 16.7. The van der Waals surface area contributed by atoms with Gasteiger partial charge in [0.1, 0.15) is 5.82 Å². The molecule has 0 spiro atoms. The molecule has 1 aliphatic rings. The molecule has 4 nitrogen and oxygen atoms in total. The number of hydrogen-bond acceptors (Lipinski definition) is 4. The van der Waals surface area contributed by atoms with Crippen LogP contribution in [0.25, 0.3) is 0 Å². The molecule has 0 amide bonds. The van der Waals surface area contributed by atoms with Crippen molar-refractivity contribution in [2.45, 2.75) is 19.3 Å². The highest BCUT2D eigenvalue weighted by Gasteiger charge is 2.19. The Bertz CT molecular complexity index is 554. The summed E-state index contributed by atoms with van der Waals surface area (Å²) in [5.41, 5.74) is 4.45. The second kappa shape index (κ2) is 7.87. The van der Waals surface area contributed by atoms with Crippen LogP contribution in [-0.2, 0) is 0 Å². The zero-order chi connectivity index (χ0) is 15.2. The summed E-state index contributed by atoms with van der Waals surface area (Å²) in [5.74, 6) is -0.0183. The van der Waals surface area contributed by atoms with E-state index >= 15 is 0 Å². The quantitative estimate of drug-likeness (QED) is 0.574. The first-order chi connectivity index (χ1) is 10.1. The van der Waals surface area contributed by atoms with Crippen LogP contribution in [0.15, 0.2) is 26.2 Å². The monoisotopic (exact) mass is 416 g/mol. The summed E-state index contributed by atoms with van der Waals surface area (Å²) in [7, 11) is 0. The van der Waals surface area contributed by atoms with E-state index in [1.807, 2.05) is 0 Å². The average molecular weight is 418 g/mol. The van der Waals surface area contributed by atoms with Gasteiger partial charge in [-0.05, 0) is 69.9 Å². The van der Waals surface area contributed by atoms with Gasteiger partial charge < -0.3 is 5.32 Å². The molecule has 2 N–H and O–H groups in total. The van der Waals surface area contributed by atoms with E-state index in [2.05, 4.69) is 53.8 Å². The standard InChI is InChI=1S/C14H15Br2FN4/c15-11-7-10(17)8-12(16)14(11)21-20-13(1-4-18)9-2-5-19-6-3-9/h7-9,19,21H,1-3,5-6H2. The minimum atomic E-state index is -0.334. The fourth-order valence-corrected chi connectivity index (χ4v) is 3.60. The van der Waals surface area contributed by atoms with Gasteiger partial charge in [-0.25, -0.2) is 4.39 Å². The summed E-state index contributed by atoms with van der Waals surface area (Å²) in [6.07, 6.45) is 2.26. The molecule has 2 rings (SSSR count).